The fourth-order valence-electron chi connectivity index (χ4n) is 9.71. The second kappa shape index (κ2) is 12.7. The highest BCUT2D eigenvalue weighted by Gasteiger charge is 2.48. The molecule has 1 aromatic heterocycles. The highest BCUT2D eigenvalue weighted by atomic mass is 16.7. The second-order valence-electron chi connectivity index (χ2n) is 20.6. The standard InChI is InChI=1S/C52H59BN2O3/c1-28(2)33-23-40-45-41(24-33)55(46-29(3)20-36(21-30(46)4)52(13,14)15)49-44(37-25-34(50(7,8)9)17-19-42(37)58-49)53(45)38-26-35(51(10,11)12)16-18-39(38)54(40)47-31(5)22-43-48(32(47)6)57-27-56-43/h16-26,28H,27H2,1-15H3. The molecular weight excluding hydrogens is 711 g/mol. The summed E-state index contributed by atoms with van der Waals surface area (Å²) in [4.78, 5) is 5.03. The molecule has 0 radical (unpaired) electrons. The Hall–Kier alpha value is -5.10. The monoisotopic (exact) mass is 770 g/mol. The molecule has 298 valence electrons. The van der Waals surface area contributed by atoms with Gasteiger partial charge < -0.3 is 18.8 Å². The number of benzene rings is 5. The minimum atomic E-state index is -0.0773. The molecular formula is C52H59BN2O3. The molecule has 0 unspecified atom stereocenters. The van der Waals surface area contributed by atoms with Crippen molar-refractivity contribution in [2.45, 2.75) is 126 Å². The average molecular weight is 771 g/mol. The van der Waals surface area contributed by atoms with Crippen molar-refractivity contribution >= 4 is 68.4 Å². The zero-order chi connectivity index (χ0) is 41.5. The molecule has 4 heterocycles. The Morgan fingerprint density at radius 2 is 1.17 bits per heavy atom. The summed E-state index contributed by atoms with van der Waals surface area (Å²) >= 11 is 0. The van der Waals surface area contributed by atoms with Crippen LogP contribution in [0.5, 0.6) is 11.5 Å². The van der Waals surface area contributed by atoms with Crippen molar-refractivity contribution in [1.29, 1.82) is 0 Å². The van der Waals surface area contributed by atoms with Gasteiger partial charge in [0.05, 0.1) is 11.4 Å². The van der Waals surface area contributed by atoms with Gasteiger partial charge in [-0.3, -0.25) is 4.90 Å². The average Bonchev–Trinajstić information content (AvgIpc) is 3.76. The van der Waals surface area contributed by atoms with Gasteiger partial charge in [-0.1, -0.05) is 106 Å². The maximum Gasteiger partial charge on any atom is 0.257 e. The van der Waals surface area contributed by atoms with E-state index < -0.39 is 0 Å². The second-order valence-corrected chi connectivity index (χ2v) is 20.6. The molecule has 6 aromatic rings. The molecule has 6 heteroatoms. The maximum absolute atomic E-state index is 7.28. The van der Waals surface area contributed by atoms with Crippen molar-refractivity contribution in [3.63, 3.8) is 0 Å². The van der Waals surface area contributed by atoms with E-state index in [1.54, 1.807) is 0 Å². The van der Waals surface area contributed by atoms with E-state index in [2.05, 4.69) is 180 Å². The molecule has 5 aromatic carbocycles. The Kier molecular flexibility index (Phi) is 8.41. The molecule has 58 heavy (non-hydrogen) atoms. The van der Waals surface area contributed by atoms with Crippen molar-refractivity contribution in [2.24, 2.45) is 0 Å². The lowest BCUT2D eigenvalue weighted by Crippen LogP contribution is -2.61. The predicted octanol–water partition coefficient (Wildman–Crippen LogP) is 12.5. The highest BCUT2D eigenvalue weighted by molar-refractivity contribution is 7.01. The molecule has 0 amide bonds. The van der Waals surface area contributed by atoms with Crippen LogP contribution in [-0.2, 0) is 16.2 Å². The zero-order valence-electron chi connectivity index (χ0n) is 37.3. The Morgan fingerprint density at radius 3 is 1.79 bits per heavy atom. The lowest BCUT2D eigenvalue weighted by atomic mass is 9.33. The molecule has 0 saturated heterocycles. The van der Waals surface area contributed by atoms with E-state index in [1.165, 1.54) is 77.9 Å². The Labute approximate surface area is 346 Å². The van der Waals surface area contributed by atoms with Crippen LogP contribution in [0.25, 0.3) is 11.0 Å². The minimum Gasteiger partial charge on any atom is -0.454 e. The van der Waals surface area contributed by atoms with E-state index in [0.717, 1.165) is 39.8 Å². The molecule has 0 atom stereocenters. The van der Waals surface area contributed by atoms with Crippen LogP contribution in [0.15, 0.2) is 71.1 Å². The summed E-state index contributed by atoms with van der Waals surface area (Å²) in [7, 11) is 0. The summed E-state index contributed by atoms with van der Waals surface area (Å²) in [6.07, 6.45) is 0. The number of rotatable bonds is 3. The van der Waals surface area contributed by atoms with Crippen molar-refractivity contribution in [3.8, 4) is 11.5 Å². The third-order valence-electron chi connectivity index (χ3n) is 13.0. The van der Waals surface area contributed by atoms with Gasteiger partial charge in [0.15, 0.2) is 11.5 Å². The molecule has 5 nitrogen and oxygen atoms in total. The largest absolute Gasteiger partial charge is 0.454 e. The zero-order valence-corrected chi connectivity index (χ0v) is 37.3. The van der Waals surface area contributed by atoms with E-state index in [4.69, 9.17) is 13.9 Å². The van der Waals surface area contributed by atoms with Gasteiger partial charge in [0, 0.05) is 33.5 Å². The molecule has 0 bridgehead atoms. The molecule has 0 aliphatic carbocycles. The Balaban J connectivity index is 1.47. The maximum atomic E-state index is 7.28. The minimum absolute atomic E-state index is 0.0148. The number of nitrogens with zero attached hydrogens (tertiary/aromatic N) is 2. The van der Waals surface area contributed by atoms with Crippen LogP contribution in [0.1, 0.15) is 127 Å². The summed E-state index contributed by atoms with van der Waals surface area (Å²) in [5.41, 5.74) is 20.5. The van der Waals surface area contributed by atoms with E-state index in [-0.39, 0.29) is 35.7 Å². The summed E-state index contributed by atoms with van der Waals surface area (Å²) in [5, 5.41) is 1.18. The first-order valence-electron chi connectivity index (χ1n) is 21.2. The van der Waals surface area contributed by atoms with Crippen molar-refractivity contribution in [2.75, 3.05) is 16.6 Å². The molecule has 9 rings (SSSR count). The van der Waals surface area contributed by atoms with Crippen LogP contribution in [0.3, 0.4) is 0 Å². The lowest BCUT2D eigenvalue weighted by molar-refractivity contribution is 0.173. The quantitative estimate of drug-likeness (QED) is 0.167. The SMILES string of the molecule is Cc1cc(C(C)(C)C)cc(C)c1N1c2cc(C(C)C)cc3c2B(c2cc(C(C)(C)C)ccc2N3c2c(C)cc3c(c2C)OCO3)c2c1oc1ccc(C(C)(C)C)cc21. The van der Waals surface area contributed by atoms with Crippen LogP contribution in [0, 0.1) is 27.7 Å². The van der Waals surface area contributed by atoms with Crippen LogP contribution in [-0.4, -0.2) is 13.5 Å². The van der Waals surface area contributed by atoms with E-state index in [1.807, 2.05) is 0 Å². The van der Waals surface area contributed by atoms with E-state index in [9.17, 15) is 0 Å². The number of ether oxygens (including phenoxy) is 2. The number of hydrogen-bond acceptors (Lipinski definition) is 5. The Morgan fingerprint density at radius 1 is 0.586 bits per heavy atom. The number of fused-ring (bicyclic) bond motifs is 7. The predicted molar refractivity (Wildman–Crippen MR) is 245 cm³/mol. The molecule has 3 aliphatic heterocycles. The first-order valence-corrected chi connectivity index (χ1v) is 21.2. The first kappa shape index (κ1) is 38.4. The fraction of sp³-hybridized carbons (Fsp3) is 0.385. The van der Waals surface area contributed by atoms with Gasteiger partial charge in [0.25, 0.3) is 6.71 Å². The number of hydrogen-bond donors (Lipinski definition) is 0. The molecule has 3 aliphatic rings. The van der Waals surface area contributed by atoms with Crippen molar-refractivity contribution < 1.29 is 13.9 Å². The molecule has 0 fully saturated rings. The smallest absolute Gasteiger partial charge is 0.257 e. The van der Waals surface area contributed by atoms with Gasteiger partial charge in [-0.15, -0.1) is 0 Å². The summed E-state index contributed by atoms with van der Waals surface area (Å²) in [6, 6.07) is 26.0. The van der Waals surface area contributed by atoms with Gasteiger partial charge in [0.2, 0.25) is 12.7 Å². The molecule has 0 N–H and O–H groups in total. The lowest BCUT2D eigenvalue weighted by Gasteiger charge is -2.44. The molecule has 0 spiro atoms. The van der Waals surface area contributed by atoms with Gasteiger partial charge in [-0.2, -0.15) is 0 Å². The number of anilines is 6. The van der Waals surface area contributed by atoms with Crippen molar-refractivity contribution in [1.82, 2.24) is 0 Å². The topological polar surface area (TPSA) is 38.1 Å². The van der Waals surface area contributed by atoms with Crippen LogP contribution in [0.4, 0.5) is 34.3 Å². The third-order valence-corrected chi connectivity index (χ3v) is 13.0. The first-order chi connectivity index (χ1) is 27.1. The normalized spacial score (nSPS) is 14.7. The number of furan rings is 1. The van der Waals surface area contributed by atoms with Crippen LogP contribution in [0.2, 0.25) is 0 Å². The van der Waals surface area contributed by atoms with E-state index in [0.29, 0.717) is 0 Å². The Bertz CT molecular complexity index is 2670. The molecule has 0 saturated carbocycles. The van der Waals surface area contributed by atoms with Gasteiger partial charge >= 0.3 is 0 Å². The number of aryl methyl sites for hydroxylation is 3. The summed E-state index contributed by atoms with van der Waals surface area (Å²) in [5.74, 6) is 2.84. The van der Waals surface area contributed by atoms with E-state index >= 15 is 0 Å². The summed E-state index contributed by atoms with van der Waals surface area (Å²) in [6.45, 7) is 34.5. The fourth-order valence-corrected chi connectivity index (χ4v) is 9.71. The van der Waals surface area contributed by atoms with Gasteiger partial charge in [-0.25, -0.2) is 0 Å². The van der Waals surface area contributed by atoms with Crippen LogP contribution >= 0.6 is 0 Å². The third kappa shape index (κ3) is 5.72. The van der Waals surface area contributed by atoms with Gasteiger partial charge in [-0.05, 0) is 136 Å². The van der Waals surface area contributed by atoms with Crippen molar-refractivity contribution in [3.05, 3.63) is 111 Å². The van der Waals surface area contributed by atoms with Crippen LogP contribution < -0.4 is 35.7 Å². The summed E-state index contributed by atoms with van der Waals surface area (Å²) < 4.78 is 19.4. The highest BCUT2D eigenvalue weighted by Crippen LogP contribution is 2.52. The van der Waals surface area contributed by atoms with Gasteiger partial charge in [0.1, 0.15) is 5.58 Å².